The summed E-state index contributed by atoms with van der Waals surface area (Å²) in [5.74, 6) is 2.83. The van der Waals surface area contributed by atoms with Gasteiger partial charge in [0.15, 0.2) is 11.5 Å². The number of rotatable bonds is 9. The lowest BCUT2D eigenvalue weighted by molar-refractivity contribution is -0.130. The molecule has 1 aliphatic rings. The maximum atomic E-state index is 12.6. The van der Waals surface area contributed by atoms with Crippen molar-refractivity contribution in [2.75, 3.05) is 6.61 Å². The van der Waals surface area contributed by atoms with E-state index < -0.39 is 5.97 Å². The fourth-order valence-corrected chi connectivity index (χ4v) is 3.86. The Balaban J connectivity index is 1.31. The second-order valence-corrected chi connectivity index (χ2v) is 8.35. The molecule has 0 bridgehead atoms. The van der Waals surface area contributed by atoms with Crippen LogP contribution in [0, 0.1) is 0 Å². The molecule has 0 spiro atoms. The molecule has 0 saturated heterocycles. The number of hydrogen-bond donors (Lipinski definition) is 0. The second-order valence-electron chi connectivity index (χ2n) is 8.35. The summed E-state index contributed by atoms with van der Waals surface area (Å²) in [5, 5.41) is 0. The van der Waals surface area contributed by atoms with Crippen molar-refractivity contribution in [2.45, 2.75) is 13.5 Å². The predicted octanol–water partition coefficient (Wildman–Crippen LogP) is 7.44. The Morgan fingerprint density at radius 1 is 0.757 bits per heavy atom. The lowest BCUT2D eigenvalue weighted by Crippen LogP contribution is -2.00. The number of benzene rings is 4. The van der Waals surface area contributed by atoms with Gasteiger partial charge in [-0.1, -0.05) is 54.6 Å². The summed E-state index contributed by atoms with van der Waals surface area (Å²) in [6, 6.07) is 32.6. The van der Waals surface area contributed by atoms with Crippen molar-refractivity contribution >= 4 is 17.8 Å². The highest BCUT2D eigenvalue weighted by Crippen LogP contribution is 2.33. The van der Waals surface area contributed by atoms with Crippen molar-refractivity contribution in [3.05, 3.63) is 131 Å². The van der Waals surface area contributed by atoms with Crippen LogP contribution in [0.1, 0.15) is 23.6 Å². The zero-order chi connectivity index (χ0) is 25.5. The zero-order valence-electron chi connectivity index (χ0n) is 20.4. The van der Waals surface area contributed by atoms with Crippen molar-refractivity contribution in [2.24, 2.45) is 0 Å². The first-order chi connectivity index (χ1) is 18.2. The quantitative estimate of drug-likeness (QED) is 0.180. The van der Waals surface area contributed by atoms with Crippen LogP contribution >= 0.6 is 0 Å². The molecule has 0 atom stereocenters. The first-order valence-corrected chi connectivity index (χ1v) is 12.1. The van der Waals surface area contributed by atoms with Gasteiger partial charge in [-0.05, 0) is 78.7 Å². The molecule has 5 heteroatoms. The zero-order valence-corrected chi connectivity index (χ0v) is 20.4. The van der Waals surface area contributed by atoms with E-state index in [-0.39, 0.29) is 0 Å². The molecule has 0 radical (unpaired) electrons. The normalized spacial score (nSPS) is 13.7. The SMILES string of the molecule is CCOc1cc(/C=C2\C=C(c3ccc(Oc4ccccc4)cc3)OC2=O)ccc1OCc1ccccc1. The molecular formula is C32H26O5. The van der Waals surface area contributed by atoms with Gasteiger partial charge in [0.2, 0.25) is 0 Å². The second kappa shape index (κ2) is 11.3. The van der Waals surface area contributed by atoms with Crippen LogP contribution in [0.15, 0.2) is 115 Å². The highest BCUT2D eigenvalue weighted by molar-refractivity contribution is 6.05. The van der Waals surface area contributed by atoms with Gasteiger partial charge in [-0.2, -0.15) is 0 Å². The van der Waals surface area contributed by atoms with Gasteiger partial charge in [-0.15, -0.1) is 0 Å². The maximum absolute atomic E-state index is 12.6. The topological polar surface area (TPSA) is 54.0 Å². The molecule has 4 aromatic rings. The Morgan fingerprint density at radius 3 is 2.19 bits per heavy atom. The molecule has 37 heavy (non-hydrogen) atoms. The molecular weight excluding hydrogens is 464 g/mol. The molecule has 0 saturated carbocycles. The van der Waals surface area contributed by atoms with Gasteiger partial charge in [0, 0.05) is 5.56 Å². The van der Waals surface area contributed by atoms with E-state index in [0.29, 0.717) is 41.8 Å². The minimum Gasteiger partial charge on any atom is -0.490 e. The number of esters is 1. The van der Waals surface area contributed by atoms with Gasteiger partial charge in [-0.3, -0.25) is 0 Å². The van der Waals surface area contributed by atoms with Crippen molar-refractivity contribution < 1.29 is 23.7 Å². The number of hydrogen-bond acceptors (Lipinski definition) is 5. The van der Waals surface area contributed by atoms with Gasteiger partial charge in [0.05, 0.1) is 12.2 Å². The van der Waals surface area contributed by atoms with Crippen LogP contribution in [0.4, 0.5) is 0 Å². The Hall–Kier alpha value is -4.77. The van der Waals surface area contributed by atoms with Crippen molar-refractivity contribution in [3.8, 4) is 23.0 Å². The van der Waals surface area contributed by atoms with Crippen LogP contribution < -0.4 is 14.2 Å². The Labute approximate surface area is 216 Å². The molecule has 184 valence electrons. The van der Waals surface area contributed by atoms with Crippen LogP contribution in [0.5, 0.6) is 23.0 Å². The van der Waals surface area contributed by atoms with Crippen molar-refractivity contribution in [1.29, 1.82) is 0 Å². The fourth-order valence-electron chi connectivity index (χ4n) is 3.86. The third-order valence-electron chi connectivity index (χ3n) is 5.67. The van der Waals surface area contributed by atoms with E-state index in [4.69, 9.17) is 18.9 Å². The van der Waals surface area contributed by atoms with E-state index in [0.717, 1.165) is 22.4 Å². The summed E-state index contributed by atoms with van der Waals surface area (Å²) in [6.45, 7) is 2.86. The number of carbonyl (C=O) groups excluding carboxylic acids is 1. The van der Waals surface area contributed by atoms with Crippen LogP contribution in [-0.4, -0.2) is 12.6 Å². The Bertz CT molecular complexity index is 1420. The van der Waals surface area contributed by atoms with E-state index in [9.17, 15) is 4.79 Å². The molecule has 1 heterocycles. The molecule has 0 aliphatic carbocycles. The fraction of sp³-hybridized carbons (Fsp3) is 0.0938. The first kappa shape index (κ1) is 23.9. The highest BCUT2D eigenvalue weighted by atomic mass is 16.5. The molecule has 0 fully saturated rings. The molecule has 5 rings (SSSR count). The lowest BCUT2D eigenvalue weighted by Gasteiger charge is -2.13. The average molecular weight is 491 g/mol. The number of carbonyl (C=O) groups is 1. The number of ether oxygens (including phenoxy) is 4. The Kier molecular flexibility index (Phi) is 7.32. The monoisotopic (exact) mass is 490 g/mol. The van der Waals surface area contributed by atoms with E-state index in [1.54, 1.807) is 12.2 Å². The van der Waals surface area contributed by atoms with Gasteiger partial charge in [-0.25, -0.2) is 4.79 Å². The molecule has 0 unspecified atom stereocenters. The standard InChI is InChI=1S/C32H26O5/c1-2-34-31-20-24(13-18-29(31)35-22-23-9-5-3-6-10-23)19-26-21-30(37-32(26)33)25-14-16-28(17-15-25)36-27-11-7-4-8-12-27/h3-21H,2,22H2,1H3/b26-19+. The van der Waals surface area contributed by atoms with E-state index in [1.807, 2.05) is 110 Å². The summed E-state index contributed by atoms with van der Waals surface area (Å²) >= 11 is 0. The molecule has 1 aliphatic heterocycles. The third-order valence-corrected chi connectivity index (χ3v) is 5.67. The minimum absolute atomic E-state index is 0.401. The number of para-hydroxylation sites is 1. The smallest absolute Gasteiger partial charge is 0.343 e. The van der Waals surface area contributed by atoms with E-state index in [2.05, 4.69) is 0 Å². The molecule has 5 nitrogen and oxygen atoms in total. The minimum atomic E-state index is -0.401. The van der Waals surface area contributed by atoms with Crippen LogP contribution in [0.2, 0.25) is 0 Å². The Morgan fingerprint density at radius 2 is 1.46 bits per heavy atom. The largest absolute Gasteiger partial charge is 0.490 e. The summed E-state index contributed by atoms with van der Waals surface area (Å²) in [4.78, 5) is 12.6. The molecule has 4 aromatic carbocycles. The van der Waals surface area contributed by atoms with Gasteiger partial charge < -0.3 is 18.9 Å². The lowest BCUT2D eigenvalue weighted by atomic mass is 10.1. The predicted molar refractivity (Wildman–Crippen MR) is 143 cm³/mol. The average Bonchev–Trinajstić information content (AvgIpc) is 3.30. The van der Waals surface area contributed by atoms with Gasteiger partial charge in [0.1, 0.15) is 23.9 Å². The van der Waals surface area contributed by atoms with E-state index >= 15 is 0 Å². The van der Waals surface area contributed by atoms with Crippen molar-refractivity contribution in [3.63, 3.8) is 0 Å². The van der Waals surface area contributed by atoms with Crippen LogP contribution in [0.25, 0.3) is 11.8 Å². The number of cyclic esters (lactones) is 1. The summed E-state index contributed by atoms with van der Waals surface area (Å²) in [6.07, 6.45) is 3.53. The van der Waals surface area contributed by atoms with Gasteiger partial charge in [0.25, 0.3) is 0 Å². The molecule has 0 N–H and O–H groups in total. The first-order valence-electron chi connectivity index (χ1n) is 12.1. The highest BCUT2D eigenvalue weighted by Gasteiger charge is 2.22. The summed E-state index contributed by atoms with van der Waals surface area (Å²) < 4.78 is 23.2. The van der Waals surface area contributed by atoms with Crippen LogP contribution in [0.3, 0.4) is 0 Å². The maximum Gasteiger partial charge on any atom is 0.343 e. The third kappa shape index (κ3) is 6.08. The van der Waals surface area contributed by atoms with Gasteiger partial charge >= 0.3 is 5.97 Å². The van der Waals surface area contributed by atoms with Crippen LogP contribution in [-0.2, 0) is 16.1 Å². The summed E-state index contributed by atoms with van der Waals surface area (Å²) in [7, 11) is 0. The molecule has 0 aromatic heterocycles. The molecule has 0 amide bonds. The van der Waals surface area contributed by atoms with Crippen molar-refractivity contribution in [1.82, 2.24) is 0 Å². The summed E-state index contributed by atoms with van der Waals surface area (Å²) in [5.41, 5.74) is 3.13. The van der Waals surface area contributed by atoms with E-state index in [1.165, 1.54) is 0 Å².